The van der Waals surface area contributed by atoms with E-state index in [4.69, 9.17) is 16.3 Å². The van der Waals surface area contributed by atoms with Crippen molar-refractivity contribution in [2.24, 2.45) is 0 Å². The van der Waals surface area contributed by atoms with Crippen molar-refractivity contribution in [3.05, 3.63) is 99.0 Å². The molecule has 0 radical (unpaired) electrons. The van der Waals surface area contributed by atoms with E-state index in [1.165, 1.54) is 0 Å². The van der Waals surface area contributed by atoms with Gasteiger partial charge in [0.2, 0.25) is 5.91 Å². The standard InChI is InChI=1S/C29H30BrClN2O3/c1-32-15-7-8-16-33(28(34)18-22-11-5-6-12-26(22)30)24(17-21-9-3-2-4-10-21)20-36-27-14-13-23(31)19-25(27)29(32)35/h2-6,9-14,19,24H,7-8,15-18,20H2,1H3/t24-/m1/s1. The third-order valence-electron chi connectivity index (χ3n) is 6.47. The number of amides is 2. The number of ether oxygens (including phenoxy) is 1. The minimum absolute atomic E-state index is 0.0595. The number of fused-ring (bicyclic) bond motifs is 1. The van der Waals surface area contributed by atoms with Crippen molar-refractivity contribution >= 4 is 39.3 Å². The lowest BCUT2D eigenvalue weighted by atomic mass is 10.0. The molecular formula is C29H30BrClN2O3. The summed E-state index contributed by atoms with van der Waals surface area (Å²) in [6.07, 6.45) is 2.53. The molecule has 0 saturated heterocycles. The molecule has 0 aromatic heterocycles. The van der Waals surface area contributed by atoms with Crippen LogP contribution < -0.4 is 4.74 Å². The predicted octanol–water partition coefficient (Wildman–Crippen LogP) is 6.03. The van der Waals surface area contributed by atoms with E-state index in [9.17, 15) is 9.59 Å². The number of benzene rings is 3. The van der Waals surface area contributed by atoms with Gasteiger partial charge in [-0.1, -0.05) is 76.1 Å². The number of halogens is 2. The number of hydrogen-bond donors (Lipinski definition) is 0. The highest BCUT2D eigenvalue weighted by Crippen LogP contribution is 2.26. The van der Waals surface area contributed by atoms with Crippen LogP contribution >= 0.6 is 27.5 Å². The van der Waals surface area contributed by atoms with Crippen LogP contribution in [0.3, 0.4) is 0 Å². The first-order valence-electron chi connectivity index (χ1n) is 12.2. The van der Waals surface area contributed by atoms with E-state index in [0.717, 1.165) is 28.4 Å². The molecule has 1 aliphatic rings. The van der Waals surface area contributed by atoms with E-state index in [0.29, 0.717) is 42.3 Å². The Morgan fingerprint density at radius 2 is 1.75 bits per heavy atom. The highest BCUT2D eigenvalue weighted by molar-refractivity contribution is 9.10. The molecule has 188 valence electrons. The van der Waals surface area contributed by atoms with Crippen LogP contribution in [0.15, 0.2) is 77.3 Å². The van der Waals surface area contributed by atoms with E-state index in [-0.39, 0.29) is 24.5 Å². The average Bonchev–Trinajstić information content (AvgIpc) is 2.88. The van der Waals surface area contributed by atoms with E-state index in [2.05, 4.69) is 28.1 Å². The molecule has 3 aromatic rings. The topological polar surface area (TPSA) is 49.9 Å². The van der Waals surface area contributed by atoms with Crippen molar-refractivity contribution in [1.29, 1.82) is 0 Å². The Morgan fingerprint density at radius 1 is 1.03 bits per heavy atom. The maximum atomic E-state index is 13.7. The van der Waals surface area contributed by atoms with Gasteiger partial charge in [0.15, 0.2) is 0 Å². The molecule has 1 aliphatic heterocycles. The third-order valence-corrected chi connectivity index (χ3v) is 7.48. The predicted molar refractivity (Wildman–Crippen MR) is 147 cm³/mol. The van der Waals surface area contributed by atoms with E-state index in [1.807, 2.05) is 47.4 Å². The summed E-state index contributed by atoms with van der Waals surface area (Å²) >= 11 is 9.80. The largest absolute Gasteiger partial charge is 0.491 e. The second-order valence-corrected chi connectivity index (χ2v) is 10.4. The summed E-state index contributed by atoms with van der Waals surface area (Å²) in [6.45, 7) is 1.45. The van der Waals surface area contributed by atoms with Gasteiger partial charge in [0, 0.05) is 29.6 Å². The van der Waals surface area contributed by atoms with Crippen LogP contribution in [0.5, 0.6) is 5.75 Å². The van der Waals surface area contributed by atoms with Gasteiger partial charge in [0.05, 0.1) is 18.0 Å². The number of carbonyl (C=O) groups is 2. The molecule has 1 heterocycles. The summed E-state index contributed by atoms with van der Waals surface area (Å²) in [5.74, 6) is 0.423. The van der Waals surface area contributed by atoms with E-state index >= 15 is 0 Å². The highest BCUT2D eigenvalue weighted by Gasteiger charge is 2.27. The summed E-state index contributed by atoms with van der Waals surface area (Å²) in [5.41, 5.74) is 2.53. The van der Waals surface area contributed by atoms with Crippen LogP contribution in [0.2, 0.25) is 5.02 Å². The number of hydrogen-bond acceptors (Lipinski definition) is 3. The smallest absolute Gasteiger partial charge is 0.257 e. The fourth-order valence-electron chi connectivity index (χ4n) is 4.48. The van der Waals surface area contributed by atoms with Crippen LogP contribution in [0.1, 0.15) is 34.3 Å². The maximum Gasteiger partial charge on any atom is 0.257 e. The Bertz CT molecular complexity index is 1200. The fraction of sp³-hybridized carbons (Fsp3) is 0.310. The molecule has 0 bridgehead atoms. The number of nitrogens with zero attached hydrogens (tertiary/aromatic N) is 2. The first-order valence-corrected chi connectivity index (χ1v) is 13.3. The molecular weight excluding hydrogens is 540 g/mol. The van der Waals surface area contributed by atoms with Gasteiger partial charge in [-0.25, -0.2) is 0 Å². The highest BCUT2D eigenvalue weighted by atomic mass is 79.9. The summed E-state index contributed by atoms with van der Waals surface area (Å²) in [5, 5.41) is 0.484. The van der Waals surface area contributed by atoms with Gasteiger partial charge in [-0.15, -0.1) is 0 Å². The first-order chi connectivity index (χ1) is 17.4. The molecule has 2 amide bonds. The quantitative estimate of drug-likeness (QED) is 0.386. The molecule has 4 rings (SSSR count). The minimum atomic E-state index is -0.196. The van der Waals surface area contributed by atoms with Crippen molar-refractivity contribution in [3.8, 4) is 5.75 Å². The summed E-state index contributed by atoms with van der Waals surface area (Å²) in [7, 11) is 1.78. The fourth-order valence-corrected chi connectivity index (χ4v) is 5.08. The van der Waals surface area contributed by atoms with Gasteiger partial charge in [0.25, 0.3) is 5.91 Å². The lowest BCUT2D eigenvalue weighted by molar-refractivity contribution is -0.133. The molecule has 1 atom stereocenters. The molecule has 5 nitrogen and oxygen atoms in total. The van der Waals surface area contributed by atoms with Gasteiger partial charge in [-0.3, -0.25) is 9.59 Å². The zero-order chi connectivity index (χ0) is 25.5. The summed E-state index contributed by atoms with van der Waals surface area (Å²) < 4.78 is 7.19. The van der Waals surface area contributed by atoms with Crippen LogP contribution in [-0.2, 0) is 17.6 Å². The van der Waals surface area contributed by atoms with Gasteiger partial charge in [-0.2, -0.15) is 0 Å². The minimum Gasteiger partial charge on any atom is -0.491 e. The third kappa shape index (κ3) is 6.68. The number of carbonyl (C=O) groups excluding carboxylic acids is 2. The van der Waals surface area contributed by atoms with Crippen molar-refractivity contribution in [3.63, 3.8) is 0 Å². The van der Waals surface area contributed by atoms with Gasteiger partial charge in [0.1, 0.15) is 12.4 Å². The monoisotopic (exact) mass is 568 g/mol. The summed E-state index contributed by atoms with van der Waals surface area (Å²) in [6, 6.07) is 22.9. The van der Waals surface area contributed by atoms with Crippen molar-refractivity contribution in [2.75, 3.05) is 26.7 Å². The number of rotatable bonds is 4. The molecule has 0 unspecified atom stereocenters. The van der Waals surface area contributed by atoms with Crippen molar-refractivity contribution in [2.45, 2.75) is 31.7 Å². The second-order valence-electron chi connectivity index (χ2n) is 9.08. The molecule has 3 aromatic carbocycles. The Hall–Kier alpha value is -2.83. The molecule has 0 saturated carbocycles. The van der Waals surface area contributed by atoms with Crippen LogP contribution in [0, 0.1) is 0 Å². The molecule has 0 aliphatic carbocycles. The van der Waals surface area contributed by atoms with E-state index < -0.39 is 0 Å². The zero-order valence-corrected chi connectivity index (χ0v) is 22.7. The van der Waals surface area contributed by atoms with Crippen LogP contribution in [0.4, 0.5) is 0 Å². The normalized spacial score (nSPS) is 17.0. The molecule has 0 N–H and O–H groups in total. The molecule has 7 heteroatoms. The molecule has 0 fully saturated rings. The van der Waals surface area contributed by atoms with Gasteiger partial charge in [-0.05, 0) is 54.7 Å². The first kappa shape index (κ1) is 26.2. The molecule has 0 spiro atoms. The average molecular weight is 570 g/mol. The maximum absolute atomic E-state index is 13.7. The Balaban J connectivity index is 1.67. The summed E-state index contributed by atoms with van der Waals surface area (Å²) in [4.78, 5) is 30.5. The molecule has 36 heavy (non-hydrogen) atoms. The Labute approximate surface area is 226 Å². The lowest BCUT2D eigenvalue weighted by Gasteiger charge is -2.33. The zero-order valence-electron chi connectivity index (χ0n) is 20.3. The van der Waals surface area contributed by atoms with Crippen LogP contribution in [0.25, 0.3) is 0 Å². The Morgan fingerprint density at radius 3 is 2.53 bits per heavy atom. The Kier molecular flexibility index (Phi) is 9.05. The van der Waals surface area contributed by atoms with Crippen molar-refractivity contribution in [1.82, 2.24) is 9.80 Å². The van der Waals surface area contributed by atoms with Gasteiger partial charge < -0.3 is 14.5 Å². The SMILES string of the molecule is CN1CCCCN(C(=O)Cc2ccccc2Br)[C@H](Cc2ccccc2)COc2ccc(Cl)cc2C1=O. The second kappa shape index (κ2) is 12.4. The van der Waals surface area contributed by atoms with Crippen molar-refractivity contribution < 1.29 is 14.3 Å². The lowest BCUT2D eigenvalue weighted by Crippen LogP contribution is -2.46. The van der Waals surface area contributed by atoms with Gasteiger partial charge >= 0.3 is 0 Å². The van der Waals surface area contributed by atoms with E-state index in [1.54, 1.807) is 30.1 Å². The van der Waals surface area contributed by atoms with Crippen LogP contribution in [-0.4, -0.2) is 54.4 Å².